The predicted octanol–water partition coefficient (Wildman–Crippen LogP) is 0.902. The molecule has 2 N–H and O–H groups in total. The number of nitrogens with one attached hydrogen (secondary N) is 2. The number of halogens is 2. The van der Waals surface area contributed by atoms with E-state index in [9.17, 15) is 18.4 Å². The van der Waals surface area contributed by atoms with Gasteiger partial charge in [0.1, 0.15) is 17.7 Å². The highest BCUT2D eigenvalue weighted by atomic mass is 19.1. The highest BCUT2D eigenvalue weighted by Gasteiger charge is 2.26. The van der Waals surface area contributed by atoms with Crippen molar-refractivity contribution in [1.82, 2.24) is 10.6 Å². The summed E-state index contributed by atoms with van der Waals surface area (Å²) >= 11 is 0. The van der Waals surface area contributed by atoms with Crippen molar-refractivity contribution in [3.05, 3.63) is 35.4 Å². The number of hydrogen-bond acceptors (Lipinski definition) is 2. The Bertz CT molecular complexity index is 505. The molecule has 1 heterocycles. The zero-order valence-corrected chi connectivity index (χ0v) is 10.2. The molecule has 1 aliphatic heterocycles. The number of amides is 2. The van der Waals surface area contributed by atoms with Crippen molar-refractivity contribution in [3.63, 3.8) is 0 Å². The van der Waals surface area contributed by atoms with Crippen molar-refractivity contribution in [3.8, 4) is 0 Å². The van der Waals surface area contributed by atoms with Gasteiger partial charge in [-0.2, -0.15) is 0 Å². The first-order valence-corrected chi connectivity index (χ1v) is 6.07. The average molecular weight is 268 g/mol. The van der Waals surface area contributed by atoms with Crippen LogP contribution in [-0.2, 0) is 16.0 Å². The summed E-state index contributed by atoms with van der Waals surface area (Å²) in [7, 11) is 0. The fourth-order valence-electron chi connectivity index (χ4n) is 1.99. The van der Waals surface area contributed by atoms with Crippen LogP contribution in [0.25, 0.3) is 0 Å². The Kier molecular flexibility index (Phi) is 4.09. The van der Waals surface area contributed by atoms with Gasteiger partial charge in [-0.1, -0.05) is 0 Å². The molecule has 1 fully saturated rings. The molecule has 19 heavy (non-hydrogen) atoms. The molecule has 0 spiro atoms. The molecule has 102 valence electrons. The lowest BCUT2D eigenvalue weighted by atomic mass is 10.1. The lowest BCUT2D eigenvalue weighted by Gasteiger charge is -2.11. The zero-order valence-electron chi connectivity index (χ0n) is 10.2. The lowest BCUT2D eigenvalue weighted by Crippen LogP contribution is -2.42. The van der Waals surface area contributed by atoms with Gasteiger partial charge < -0.3 is 10.6 Å². The van der Waals surface area contributed by atoms with Crippen molar-refractivity contribution in [2.75, 3.05) is 6.54 Å². The second-order valence-electron chi connectivity index (χ2n) is 4.44. The molecule has 1 aromatic carbocycles. The second-order valence-corrected chi connectivity index (χ2v) is 4.44. The fraction of sp³-hybridized carbons (Fsp3) is 0.385. The van der Waals surface area contributed by atoms with Crippen LogP contribution in [0.5, 0.6) is 0 Å². The minimum atomic E-state index is -0.509. The van der Waals surface area contributed by atoms with E-state index < -0.39 is 17.7 Å². The molecular weight excluding hydrogens is 254 g/mol. The quantitative estimate of drug-likeness (QED) is 0.852. The molecule has 4 nitrogen and oxygen atoms in total. The van der Waals surface area contributed by atoms with Crippen LogP contribution < -0.4 is 10.6 Å². The predicted molar refractivity (Wildman–Crippen MR) is 64.2 cm³/mol. The van der Waals surface area contributed by atoms with E-state index in [1.54, 1.807) is 0 Å². The van der Waals surface area contributed by atoms with Crippen molar-refractivity contribution >= 4 is 11.8 Å². The Morgan fingerprint density at radius 2 is 2.21 bits per heavy atom. The Morgan fingerprint density at radius 3 is 2.89 bits per heavy atom. The zero-order chi connectivity index (χ0) is 13.8. The fourth-order valence-corrected chi connectivity index (χ4v) is 1.99. The van der Waals surface area contributed by atoms with E-state index in [-0.39, 0.29) is 30.3 Å². The summed E-state index contributed by atoms with van der Waals surface area (Å²) in [5, 5.41) is 5.14. The number of hydrogen-bond donors (Lipinski definition) is 2. The minimum absolute atomic E-state index is 0.142. The molecule has 2 amide bonds. The highest BCUT2D eigenvalue weighted by molar-refractivity contribution is 5.90. The second kappa shape index (κ2) is 5.77. The highest BCUT2D eigenvalue weighted by Crippen LogP contribution is 2.10. The minimum Gasteiger partial charge on any atom is -0.354 e. The summed E-state index contributed by atoms with van der Waals surface area (Å²) < 4.78 is 26.2. The summed E-state index contributed by atoms with van der Waals surface area (Å²) in [5.41, 5.74) is 0.218. The van der Waals surface area contributed by atoms with E-state index >= 15 is 0 Å². The Hall–Kier alpha value is -1.98. The molecule has 0 aromatic heterocycles. The molecular formula is C13H14F2N2O2. The van der Waals surface area contributed by atoms with Gasteiger partial charge >= 0.3 is 0 Å². The maximum absolute atomic E-state index is 13.3. The van der Waals surface area contributed by atoms with Crippen LogP contribution in [0.3, 0.4) is 0 Å². The van der Waals surface area contributed by atoms with Crippen molar-refractivity contribution in [2.24, 2.45) is 0 Å². The van der Waals surface area contributed by atoms with Gasteiger partial charge in [-0.3, -0.25) is 9.59 Å². The largest absolute Gasteiger partial charge is 0.354 e. The molecule has 1 unspecified atom stereocenters. The number of rotatable bonds is 4. The average Bonchev–Trinajstić information content (AvgIpc) is 2.80. The molecule has 1 saturated heterocycles. The maximum atomic E-state index is 13.3. The Labute approximate surface area is 109 Å². The van der Waals surface area contributed by atoms with Crippen LogP contribution in [0.2, 0.25) is 0 Å². The lowest BCUT2D eigenvalue weighted by molar-refractivity contribution is -0.125. The molecule has 2 rings (SSSR count). The first-order chi connectivity index (χ1) is 9.06. The van der Waals surface area contributed by atoms with Crippen LogP contribution in [0.15, 0.2) is 18.2 Å². The summed E-state index contributed by atoms with van der Waals surface area (Å²) in [4.78, 5) is 22.6. The first-order valence-electron chi connectivity index (χ1n) is 6.07. The molecule has 0 aliphatic carbocycles. The first kappa shape index (κ1) is 13.5. The molecule has 0 bridgehead atoms. The molecule has 1 aromatic rings. The van der Waals surface area contributed by atoms with E-state index in [1.807, 2.05) is 0 Å². The number of benzene rings is 1. The van der Waals surface area contributed by atoms with Gasteiger partial charge in [-0.25, -0.2) is 8.78 Å². The van der Waals surface area contributed by atoms with E-state index in [2.05, 4.69) is 10.6 Å². The summed E-state index contributed by atoms with van der Waals surface area (Å²) in [6.07, 6.45) is 1.02. The van der Waals surface area contributed by atoms with E-state index in [0.717, 1.165) is 18.2 Å². The monoisotopic (exact) mass is 268 g/mol. The third-order valence-corrected chi connectivity index (χ3v) is 3.01. The number of carbonyl (C=O) groups is 2. The van der Waals surface area contributed by atoms with Crippen LogP contribution in [-0.4, -0.2) is 24.4 Å². The molecule has 1 atom stereocenters. The third-order valence-electron chi connectivity index (χ3n) is 3.01. The Morgan fingerprint density at radius 1 is 1.42 bits per heavy atom. The van der Waals surface area contributed by atoms with Gasteiger partial charge in [0.15, 0.2) is 0 Å². The van der Waals surface area contributed by atoms with Crippen LogP contribution in [0.1, 0.15) is 18.4 Å². The van der Waals surface area contributed by atoms with Gasteiger partial charge in [-0.15, -0.1) is 0 Å². The van der Waals surface area contributed by atoms with Gasteiger partial charge in [-0.05, 0) is 36.6 Å². The van der Waals surface area contributed by atoms with Gasteiger partial charge in [0, 0.05) is 13.0 Å². The van der Waals surface area contributed by atoms with Crippen molar-refractivity contribution in [1.29, 1.82) is 0 Å². The third kappa shape index (κ3) is 3.49. The van der Waals surface area contributed by atoms with E-state index in [1.165, 1.54) is 0 Å². The van der Waals surface area contributed by atoms with Crippen LogP contribution in [0.4, 0.5) is 8.78 Å². The van der Waals surface area contributed by atoms with Gasteiger partial charge in [0.25, 0.3) is 0 Å². The van der Waals surface area contributed by atoms with E-state index in [4.69, 9.17) is 0 Å². The van der Waals surface area contributed by atoms with Crippen molar-refractivity contribution in [2.45, 2.75) is 25.3 Å². The standard InChI is InChI=1S/C13H14F2N2O2/c14-9-1-2-10(15)8(7-9)5-6-16-13(19)11-3-4-12(18)17-11/h1-2,7,11H,3-6H2,(H,16,19)(H,17,18). The Balaban J connectivity index is 1.81. The molecule has 1 aliphatic rings. The molecule has 6 heteroatoms. The number of carbonyl (C=O) groups excluding carboxylic acids is 2. The molecule has 0 saturated carbocycles. The van der Waals surface area contributed by atoms with Gasteiger partial charge in [0.05, 0.1) is 0 Å². The SMILES string of the molecule is O=C1CCC(C(=O)NCCc2cc(F)ccc2F)N1. The maximum Gasteiger partial charge on any atom is 0.242 e. The summed E-state index contributed by atoms with van der Waals surface area (Å²) in [5.74, 6) is -1.44. The topological polar surface area (TPSA) is 58.2 Å². The summed E-state index contributed by atoms with van der Waals surface area (Å²) in [6, 6.07) is 2.71. The normalized spacial score (nSPS) is 18.2. The smallest absolute Gasteiger partial charge is 0.242 e. The van der Waals surface area contributed by atoms with Gasteiger partial charge in [0.2, 0.25) is 11.8 Å². The van der Waals surface area contributed by atoms with Crippen LogP contribution >= 0.6 is 0 Å². The van der Waals surface area contributed by atoms with E-state index in [0.29, 0.717) is 12.8 Å². The molecule has 0 radical (unpaired) electrons. The van der Waals surface area contributed by atoms with Crippen molar-refractivity contribution < 1.29 is 18.4 Å². The summed E-state index contributed by atoms with van der Waals surface area (Å²) in [6.45, 7) is 0.200. The van der Waals surface area contributed by atoms with Crippen LogP contribution in [0, 0.1) is 11.6 Å².